The van der Waals surface area contributed by atoms with E-state index < -0.39 is 0 Å². The summed E-state index contributed by atoms with van der Waals surface area (Å²) in [4.78, 5) is 5.49. The molecule has 0 unspecified atom stereocenters. The molecule has 2 atom stereocenters. The van der Waals surface area contributed by atoms with Gasteiger partial charge in [-0.2, -0.15) is 0 Å². The maximum atomic E-state index is 5.98. The molecule has 1 saturated heterocycles. The summed E-state index contributed by atoms with van der Waals surface area (Å²) in [6.45, 7) is 2.93. The molecule has 2 aromatic carbocycles. The summed E-state index contributed by atoms with van der Waals surface area (Å²) in [6.07, 6.45) is 2.06. The molecule has 0 bridgehead atoms. The van der Waals surface area contributed by atoms with Crippen LogP contribution in [0, 0.1) is 0 Å². The number of hydrogen-bond acceptors (Lipinski definition) is 2. The first-order valence-electron chi connectivity index (χ1n) is 7.81. The molecular weight excluding hydrogens is 304 g/mol. The summed E-state index contributed by atoms with van der Waals surface area (Å²) < 4.78 is 5.98. The predicted octanol–water partition coefficient (Wildman–Crippen LogP) is 4.41. The summed E-state index contributed by atoms with van der Waals surface area (Å²) in [5, 5.41) is 1.82. The van der Waals surface area contributed by atoms with E-state index in [0.717, 1.165) is 12.1 Å². The number of para-hydroxylation sites is 1. The molecule has 0 spiro atoms. The molecule has 3 aromatic rings. The second kappa shape index (κ2) is 5.70. The number of hydrogen-bond donors (Lipinski definition) is 1. The van der Waals surface area contributed by atoms with Crippen molar-refractivity contribution in [3.05, 3.63) is 71.9 Å². The molecule has 1 aliphatic heterocycles. The van der Waals surface area contributed by atoms with E-state index in [9.17, 15) is 0 Å². The largest absolute Gasteiger partial charge is 0.461 e. The Labute approximate surface area is 140 Å². The van der Waals surface area contributed by atoms with Gasteiger partial charge in [0.05, 0.1) is 6.04 Å². The number of rotatable bonds is 3. The highest BCUT2D eigenvalue weighted by atomic mass is 32.1. The van der Waals surface area contributed by atoms with Gasteiger partial charge in [-0.3, -0.25) is 0 Å². The van der Waals surface area contributed by atoms with Crippen molar-refractivity contribution in [2.45, 2.75) is 25.6 Å². The molecule has 116 valence electrons. The van der Waals surface area contributed by atoms with Gasteiger partial charge < -0.3 is 14.6 Å². The van der Waals surface area contributed by atoms with Crippen molar-refractivity contribution >= 4 is 28.3 Å². The molecule has 2 heterocycles. The van der Waals surface area contributed by atoms with Gasteiger partial charge in [-0.05, 0) is 36.3 Å². The lowest BCUT2D eigenvalue weighted by molar-refractivity contribution is 0.200. The van der Waals surface area contributed by atoms with Crippen molar-refractivity contribution < 1.29 is 4.74 Å². The summed E-state index contributed by atoms with van der Waals surface area (Å²) in [7, 11) is 0. The first-order valence-corrected chi connectivity index (χ1v) is 8.22. The van der Waals surface area contributed by atoms with E-state index in [4.69, 9.17) is 17.0 Å². The fourth-order valence-corrected chi connectivity index (χ4v) is 3.58. The summed E-state index contributed by atoms with van der Waals surface area (Å²) >= 11 is 5.48. The van der Waals surface area contributed by atoms with Crippen molar-refractivity contribution in [3.63, 3.8) is 0 Å². The fourth-order valence-electron chi connectivity index (χ4n) is 3.25. The molecule has 1 N–H and O–H groups in total. The molecule has 1 fully saturated rings. The van der Waals surface area contributed by atoms with Gasteiger partial charge in [0, 0.05) is 23.6 Å². The van der Waals surface area contributed by atoms with Crippen LogP contribution >= 0.6 is 12.2 Å². The van der Waals surface area contributed by atoms with Crippen molar-refractivity contribution in [1.29, 1.82) is 0 Å². The minimum absolute atomic E-state index is 0.00564. The van der Waals surface area contributed by atoms with Crippen molar-refractivity contribution in [3.8, 4) is 0 Å². The zero-order valence-electron chi connectivity index (χ0n) is 12.9. The lowest BCUT2D eigenvalue weighted by Crippen LogP contribution is -2.31. The van der Waals surface area contributed by atoms with Crippen LogP contribution in [0.2, 0.25) is 0 Å². The molecular formula is C19H18N2OS. The Morgan fingerprint density at radius 3 is 2.65 bits per heavy atom. The number of benzene rings is 2. The first-order chi connectivity index (χ1) is 11.2. The Bertz CT molecular complexity index is 843. The minimum Gasteiger partial charge on any atom is -0.461 e. The second-order valence-electron chi connectivity index (χ2n) is 5.94. The molecule has 4 rings (SSSR count). The molecule has 3 nitrogen and oxygen atoms in total. The van der Waals surface area contributed by atoms with Gasteiger partial charge in [-0.25, -0.2) is 0 Å². The lowest BCUT2D eigenvalue weighted by atomic mass is 10.0. The van der Waals surface area contributed by atoms with Gasteiger partial charge in [0.1, 0.15) is 6.10 Å². The number of ether oxygens (including phenoxy) is 1. The van der Waals surface area contributed by atoms with Crippen LogP contribution in [0.4, 0.5) is 0 Å². The lowest BCUT2D eigenvalue weighted by Gasteiger charge is -2.22. The Hall–Kier alpha value is -2.33. The molecule has 0 saturated carbocycles. The zero-order chi connectivity index (χ0) is 15.8. The molecule has 1 aromatic heterocycles. The zero-order valence-corrected chi connectivity index (χ0v) is 13.7. The highest BCUT2D eigenvalue weighted by molar-refractivity contribution is 7.80. The normalized spacial score (nSPS) is 20.9. The van der Waals surface area contributed by atoms with Crippen LogP contribution < -0.4 is 0 Å². The smallest absolute Gasteiger partial charge is 0.260 e. The summed E-state index contributed by atoms with van der Waals surface area (Å²) in [6, 6.07) is 18.8. The van der Waals surface area contributed by atoms with Crippen LogP contribution in [0.5, 0.6) is 0 Å². The van der Waals surface area contributed by atoms with E-state index >= 15 is 0 Å². The topological polar surface area (TPSA) is 28.3 Å². The maximum absolute atomic E-state index is 5.98. The number of nitrogens with one attached hydrogen (secondary N) is 1. The molecule has 1 aliphatic rings. The molecule has 0 radical (unpaired) electrons. The van der Waals surface area contributed by atoms with E-state index in [1.54, 1.807) is 0 Å². The third-order valence-corrected chi connectivity index (χ3v) is 4.87. The minimum atomic E-state index is -0.00564. The Morgan fingerprint density at radius 2 is 1.83 bits per heavy atom. The quantitative estimate of drug-likeness (QED) is 0.724. The van der Waals surface area contributed by atoms with Crippen LogP contribution in [0.1, 0.15) is 24.2 Å². The van der Waals surface area contributed by atoms with Gasteiger partial charge in [0.25, 0.3) is 5.17 Å². The third kappa shape index (κ3) is 2.49. The van der Waals surface area contributed by atoms with E-state index in [1.165, 1.54) is 16.5 Å². The van der Waals surface area contributed by atoms with Gasteiger partial charge in [0.15, 0.2) is 0 Å². The van der Waals surface area contributed by atoms with E-state index in [2.05, 4.69) is 53.3 Å². The third-order valence-electron chi connectivity index (χ3n) is 4.54. The van der Waals surface area contributed by atoms with Gasteiger partial charge in [0.2, 0.25) is 0 Å². The van der Waals surface area contributed by atoms with E-state index in [0.29, 0.717) is 5.17 Å². The van der Waals surface area contributed by atoms with E-state index in [-0.39, 0.29) is 12.1 Å². The number of nitrogens with zero attached hydrogens (tertiary/aromatic N) is 1. The molecule has 4 heteroatoms. The van der Waals surface area contributed by atoms with Gasteiger partial charge >= 0.3 is 0 Å². The summed E-state index contributed by atoms with van der Waals surface area (Å²) in [5.74, 6) is 0. The van der Waals surface area contributed by atoms with Crippen molar-refractivity contribution in [2.24, 2.45) is 0 Å². The average molecular weight is 322 g/mol. The second-order valence-corrected chi connectivity index (χ2v) is 6.29. The number of fused-ring (bicyclic) bond motifs is 1. The van der Waals surface area contributed by atoms with Gasteiger partial charge in [-0.15, -0.1) is 0 Å². The Kier molecular flexibility index (Phi) is 3.54. The SMILES string of the molecule is C[C@H]1[C@@H](c2ccccc2)OC(=S)N1Cc1c[nH]c2ccccc12. The standard InChI is InChI=1S/C19H18N2OS/c1-13-18(14-7-3-2-4-8-14)22-19(23)21(13)12-15-11-20-17-10-6-5-9-16(15)17/h2-11,13,18,20H,12H2,1H3/t13-,18-/m0/s1. The highest BCUT2D eigenvalue weighted by Gasteiger charge is 2.37. The summed E-state index contributed by atoms with van der Waals surface area (Å²) in [5.41, 5.74) is 3.57. The predicted molar refractivity (Wildman–Crippen MR) is 96.2 cm³/mol. The number of aromatic amines is 1. The average Bonchev–Trinajstić information content (AvgIpc) is 3.12. The number of H-pyrrole nitrogens is 1. The Balaban J connectivity index is 1.61. The Morgan fingerprint density at radius 1 is 1.09 bits per heavy atom. The number of thiocarbonyl (C=S) groups is 1. The molecule has 0 amide bonds. The van der Waals surface area contributed by atoms with Gasteiger partial charge in [-0.1, -0.05) is 48.5 Å². The van der Waals surface area contributed by atoms with Crippen LogP contribution in [0.25, 0.3) is 10.9 Å². The molecule has 0 aliphatic carbocycles. The number of aromatic nitrogens is 1. The van der Waals surface area contributed by atoms with Crippen LogP contribution in [0.15, 0.2) is 60.8 Å². The van der Waals surface area contributed by atoms with E-state index in [1.807, 2.05) is 24.3 Å². The monoisotopic (exact) mass is 322 g/mol. The van der Waals surface area contributed by atoms with Crippen LogP contribution in [0.3, 0.4) is 0 Å². The van der Waals surface area contributed by atoms with Crippen LogP contribution in [-0.2, 0) is 11.3 Å². The fraction of sp³-hybridized carbons (Fsp3) is 0.211. The van der Waals surface area contributed by atoms with Crippen molar-refractivity contribution in [1.82, 2.24) is 9.88 Å². The first kappa shape index (κ1) is 14.3. The highest BCUT2D eigenvalue weighted by Crippen LogP contribution is 2.34. The molecule has 23 heavy (non-hydrogen) atoms. The maximum Gasteiger partial charge on any atom is 0.260 e. The van der Waals surface area contributed by atoms with Crippen LogP contribution in [-0.4, -0.2) is 21.1 Å². The van der Waals surface area contributed by atoms with Crippen molar-refractivity contribution in [2.75, 3.05) is 0 Å².